The molecule has 4 aromatic rings. The van der Waals surface area contributed by atoms with Crippen LogP contribution >= 0.6 is 11.9 Å². The monoisotopic (exact) mass is 441 g/mol. The lowest BCUT2D eigenvalue weighted by Crippen LogP contribution is -1.96. The molecular weight excluding hydrogens is 421 g/mol. The molecule has 0 unspecified atom stereocenters. The second-order valence-corrected chi connectivity index (χ2v) is 8.01. The number of anilines is 3. The number of benzene rings is 2. The Labute approximate surface area is 181 Å². The first-order valence-corrected chi connectivity index (χ1v) is 10.5. The van der Waals surface area contributed by atoms with Gasteiger partial charge in [0.1, 0.15) is 5.75 Å². The van der Waals surface area contributed by atoms with E-state index < -0.39 is 5.82 Å². The molecule has 0 spiro atoms. The van der Waals surface area contributed by atoms with Crippen LogP contribution in [0.4, 0.5) is 21.7 Å². The fourth-order valence-electron chi connectivity index (χ4n) is 3.32. The fourth-order valence-corrected chi connectivity index (χ4v) is 4.09. The van der Waals surface area contributed by atoms with Gasteiger partial charge in [0.05, 0.1) is 30.2 Å². The summed E-state index contributed by atoms with van der Waals surface area (Å²) in [5, 5.41) is 15.5. The van der Waals surface area contributed by atoms with Crippen molar-refractivity contribution in [2.45, 2.75) is 23.7 Å². The number of halogens is 1. The van der Waals surface area contributed by atoms with Crippen LogP contribution in [-0.2, 0) is 0 Å². The number of aromatic amines is 1. The lowest BCUT2D eigenvalue weighted by molar-refractivity contribution is 0.376. The number of ether oxygens (including phenoxy) is 2. The number of methoxy groups -OCH3 is 2. The highest BCUT2D eigenvalue weighted by Gasteiger charge is 2.25. The second kappa shape index (κ2) is 8.03. The Morgan fingerprint density at radius 1 is 1.19 bits per heavy atom. The summed E-state index contributed by atoms with van der Waals surface area (Å²) in [6.07, 6.45) is 2.40. The number of hydrogen-bond acceptors (Lipinski definition) is 8. The summed E-state index contributed by atoms with van der Waals surface area (Å²) >= 11 is 1.18. The average Bonchev–Trinajstić information content (AvgIpc) is 3.40. The molecular formula is C21H20FN5O3S. The molecule has 2 heterocycles. The Bertz CT molecular complexity index is 1240. The first-order valence-electron chi connectivity index (χ1n) is 9.71. The summed E-state index contributed by atoms with van der Waals surface area (Å²) in [5.41, 5.74) is 2.42. The molecule has 8 nitrogen and oxygen atoms in total. The summed E-state index contributed by atoms with van der Waals surface area (Å²) in [7, 11) is 3.03. The minimum absolute atomic E-state index is 0.168. The van der Waals surface area contributed by atoms with Crippen molar-refractivity contribution in [3.63, 3.8) is 0 Å². The van der Waals surface area contributed by atoms with E-state index in [-0.39, 0.29) is 5.75 Å². The number of nitrogens with zero attached hydrogens (tertiary/aromatic N) is 2. The largest absolute Gasteiger partial charge is 0.495 e. The van der Waals surface area contributed by atoms with Crippen molar-refractivity contribution in [2.24, 2.45) is 0 Å². The van der Waals surface area contributed by atoms with Crippen LogP contribution in [0.5, 0.6) is 11.5 Å². The van der Waals surface area contributed by atoms with Crippen molar-refractivity contribution in [3.05, 3.63) is 47.9 Å². The highest BCUT2D eigenvalue weighted by Crippen LogP contribution is 2.41. The second-order valence-electron chi connectivity index (χ2n) is 7.16. The topological polar surface area (TPSA) is 97.2 Å². The minimum atomic E-state index is -0.431. The van der Waals surface area contributed by atoms with E-state index in [0.717, 1.165) is 11.1 Å². The molecule has 0 saturated heterocycles. The standard InChI is InChI=1S/C21H20FN5O3S/c1-28-17-8-12-16(9-15(17)23-19-10-14(24-25-19)11-6-7-11)30-26-21(12)27-31-18-5-3-4-13(22)20(18)29-2/h3-5,8-11H,6-7H2,1-2H3,(H,26,27)(H2,23,24,25). The number of aromatic nitrogens is 3. The van der Waals surface area contributed by atoms with E-state index >= 15 is 0 Å². The number of para-hydroxylation sites is 1. The number of H-pyrrole nitrogens is 1. The SMILES string of the molecule is COc1cc2c(NSc3cccc(F)c3OC)noc2cc1Nc1cc(C2CC2)[nH]n1. The van der Waals surface area contributed by atoms with Crippen LogP contribution < -0.4 is 19.5 Å². The van der Waals surface area contributed by atoms with E-state index in [1.165, 1.54) is 38.0 Å². The van der Waals surface area contributed by atoms with Gasteiger partial charge in [0.25, 0.3) is 0 Å². The molecule has 1 aliphatic carbocycles. The summed E-state index contributed by atoms with van der Waals surface area (Å²) < 4.78 is 33.2. The number of nitrogens with one attached hydrogen (secondary N) is 3. The smallest absolute Gasteiger partial charge is 0.187 e. The van der Waals surface area contributed by atoms with Crippen LogP contribution in [0.25, 0.3) is 11.0 Å². The third kappa shape index (κ3) is 3.86. The van der Waals surface area contributed by atoms with Gasteiger partial charge in [-0.3, -0.25) is 5.10 Å². The van der Waals surface area contributed by atoms with Crippen LogP contribution in [0.15, 0.2) is 45.8 Å². The normalized spacial score (nSPS) is 13.4. The van der Waals surface area contributed by atoms with Gasteiger partial charge in [-0.05, 0) is 43.0 Å². The third-order valence-corrected chi connectivity index (χ3v) is 5.90. The Balaban J connectivity index is 1.39. The molecule has 1 saturated carbocycles. The molecule has 160 valence electrons. The fraction of sp³-hybridized carbons (Fsp3) is 0.238. The number of fused-ring (bicyclic) bond motifs is 1. The van der Waals surface area contributed by atoms with E-state index in [9.17, 15) is 4.39 Å². The number of rotatable bonds is 8. The molecule has 0 amide bonds. The summed E-state index contributed by atoms with van der Waals surface area (Å²) in [6, 6.07) is 10.4. The van der Waals surface area contributed by atoms with Crippen molar-refractivity contribution in [1.82, 2.24) is 15.4 Å². The van der Waals surface area contributed by atoms with E-state index in [1.807, 2.05) is 18.2 Å². The molecule has 0 bridgehead atoms. The van der Waals surface area contributed by atoms with Gasteiger partial charge in [-0.25, -0.2) is 4.39 Å². The van der Waals surface area contributed by atoms with Gasteiger partial charge in [-0.1, -0.05) is 11.2 Å². The molecule has 1 aliphatic rings. The van der Waals surface area contributed by atoms with Gasteiger partial charge in [0, 0.05) is 23.7 Å². The molecule has 2 aromatic carbocycles. The van der Waals surface area contributed by atoms with Crippen LogP contribution in [0, 0.1) is 5.82 Å². The summed E-state index contributed by atoms with van der Waals surface area (Å²) in [5.74, 6) is 2.15. The van der Waals surface area contributed by atoms with E-state index in [0.29, 0.717) is 39.5 Å². The lowest BCUT2D eigenvalue weighted by atomic mass is 10.2. The molecule has 2 aromatic heterocycles. The molecule has 31 heavy (non-hydrogen) atoms. The predicted octanol–water partition coefficient (Wildman–Crippen LogP) is 5.45. The van der Waals surface area contributed by atoms with Crippen molar-refractivity contribution in [3.8, 4) is 11.5 Å². The van der Waals surface area contributed by atoms with Crippen LogP contribution in [0.3, 0.4) is 0 Å². The molecule has 1 fully saturated rings. The van der Waals surface area contributed by atoms with Crippen molar-refractivity contribution in [1.29, 1.82) is 0 Å². The molecule has 5 rings (SSSR count). The van der Waals surface area contributed by atoms with Crippen molar-refractivity contribution >= 4 is 40.2 Å². The average molecular weight is 441 g/mol. The van der Waals surface area contributed by atoms with Gasteiger partial charge in [0.2, 0.25) is 0 Å². The zero-order valence-corrected chi connectivity index (χ0v) is 17.7. The van der Waals surface area contributed by atoms with Gasteiger partial charge < -0.3 is 24.0 Å². The predicted molar refractivity (Wildman–Crippen MR) is 117 cm³/mol. The molecule has 0 atom stereocenters. The first-order chi connectivity index (χ1) is 15.2. The maximum Gasteiger partial charge on any atom is 0.187 e. The molecule has 3 N–H and O–H groups in total. The van der Waals surface area contributed by atoms with Crippen LogP contribution in [0.1, 0.15) is 24.5 Å². The zero-order valence-electron chi connectivity index (χ0n) is 16.9. The first kappa shape index (κ1) is 19.6. The van der Waals surface area contributed by atoms with Crippen molar-refractivity contribution in [2.75, 3.05) is 24.3 Å². The Morgan fingerprint density at radius 2 is 2.06 bits per heavy atom. The minimum Gasteiger partial charge on any atom is -0.495 e. The summed E-state index contributed by atoms with van der Waals surface area (Å²) in [6.45, 7) is 0. The lowest BCUT2D eigenvalue weighted by Gasteiger charge is -2.10. The number of hydrogen-bond donors (Lipinski definition) is 3. The summed E-state index contributed by atoms with van der Waals surface area (Å²) in [4.78, 5) is 0.592. The quantitative estimate of drug-likeness (QED) is 0.311. The third-order valence-electron chi connectivity index (χ3n) is 5.06. The van der Waals surface area contributed by atoms with Crippen LogP contribution in [0.2, 0.25) is 0 Å². The highest BCUT2D eigenvalue weighted by molar-refractivity contribution is 8.00. The van der Waals surface area contributed by atoms with Gasteiger partial charge in [-0.15, -0.1) is 0 Å². The van der Waals surface area contributed by atoms with Gasteiger partial charge in [-0.2, -0.15) is 5.10 Å². The van der Waals surface area contributed by atoms with Gasteiger partial charge in [0.15, 0.2) is 28.8 Å². The Hall–Kier alpha value is -3.40. The van der Waals surface area contributed by atoms with Gasteiger partial charge >= 0.3 is 0 Å². The Morgan fingerprint density at radius 3 is 2.84 bits per heavy atom. The van der Waals surface area contributed by atoms with E-state index in [4.69, 9.17) is 14.0 Å². The van der Waals surface area contributed by atoms with E-state index in [2.05, 4.69) is 25.4 Å². The van der Waals surface area contributed by atoms with E-state index in [1.54, 1.807) is 19.2 Å². The molecule has 10 heteroatoms. The van der Waals surface area contributed by atoms with Crippen LogP contribution in [-0.4, -0.2) is 29.6 Å². The maximum absolute atomic E-state index is 13.9. The van der Waals surface area contributed by atoms with Crippen molar-refractivity contribution < 1.29 is 18.4 Å². The molecule has 0 radical (unpaired) electrons. The Kier molecular flexibility index (Phi) is 5.06. The maximum atomic E-state index is 13.9. The molecule has 0 aliphatic heterocycles. The zero-order chi connectivity index (χ0) is 21.4. The highest BCUT2D eigenvalue weighted by atomic mass is 32.2.